The Morgan fingerprint density at radius 3 is 2.14 bits per heavy atom. The SMILES string of the molecule is O=C1c2ccccc2C(=O)N1C1C=Cc2ccccc2[C@H]1O. The standard InChI is InChI=1S/C18H13NO3/c20-16-12-6-2-1-5-11(12)9-10-15(16)19-17(21)13-7-3-4-8-14(13)18(19)22/h1-10,15-16,20H/t15?,16-/m1/s1. The highest BCUT2D eigenvalue weighted by Gasteiger charge is 2.42. The Balaban J connectivity index is 1.76. The quantitative estimate of drug-likeness (QED) is 0.821. The van der Waals surface area contributed by atoms with Crippen molar-refractivity contribution in [1.82, 2.24) is 4.90 Å². The molecule has 2 aromatic carbocycles. The number of carbonyl (C=O) groups is 2. The molecule has 0 saturated heterocycles. The van der Waals surface area contributed by atoms with Crippen molar-refractivity contribution in [1.29, 1.82) is 0 Å². The van der Waals surface area contributed by atoms with Gasteiger partial charge >= 0.3 is 0 Å². The lowest BCUT2D eigenvalue weighted by Gasteiger charge is -2.31. The molecule has 0 bridgehead atoms. The van der Waals surface area contributed by atoms with E-state index in [0.717, 1.165) is 16.0 Å². The first-order valence-corrected chi connectivity index (χ1v) is 7.10. The fourth-order valence-corrected chi connectivity index (χ4v) is 3.13. The third kappa shape index (κ3) is 1.68. The molecule has 0 fully saturated rings. The zero-order valence-electron chi connectivity index (χ0n) is 11.6. The summed E-state index contributed by atoms with van der Waals surface area (Å²) in [6.07, 6.45) is 2.65. The van der Waals surface area contributed by atoms with Crippen molar-refractivity contribution >= 4 is 17.9 Å². The largest absolute Gasteiger partial charge is 0.386 e. The van der Waals surface area contributed by atoms with Crippen LogP contribution in [0.1, 0.15) is 37.9 Å². The van der Waals surface area contributed by atoms with Crippen LogP contribution in [-0.4, -0.2) is 27.9 Å². The highest BCUT2D eigenvalue weighted by atomic mass is 16.3. The molecule has 0 aromatic heterocycles. The summed E-state index contributed by atoms with van der Waals surface area (Å²) in [5.74, 6) is -0.706. The maximum Gasteiger partial charge on any atom is 0.262 e. The molecule has 4 heteroatoms. The topological polar surface area (TPSA) is 57.6 Å². The fraction of sp³-hybridized carbons (Fsp3) is 0.111. The molecule has 1 N–H and O–H groups in total. The molecule has 2 amide bonds. The van der Waals surface area contributed by atoms with Crippen molar-refractivity contribution in [3.05, 3.63) is 76.9 Å². The molecular formula is C18H13NO3. The molecule has 4 nitrogen and oxygen atoms in total. The van der Waals surface area contributed by atoms with E-state index in [-0.39, 0.29) is 11.8 Å². The summed E-state index contributed by atoms with van der Waals surface area (Å²) in [6, 6.07) is 13.5. The summed E-state index contributed by atoms with van der Waals surface area (Å²) in [5, 5.41) is 10.6. The third-order valence-corrected chi connectivity index (χ3v) is 4.23. The predicted molar refractivity (Wildman–Crippen MR) is 81.2 cm³/mol. The Hall–Kier alpha value is -2.72. The van der Waals surface area contributed by atoms with Crippen LogP contribution in [0.25, 0.3) is 6.08 Å². The van der Waals surface area contributed by atoms with E-state index in [1.165, 1.54) is 0 Å². The van der Waals surface area contributed by atoms with E-state index in [1.807, 2.05) is 30.3 Å². The number of rotatable bonds is 1. The molecule has 1 heterocycles. The summed E-state index contributed by atoms with van der Waals surface area (Å²) >= 11 is 0. The van der Waals surface area contributed by atoms with Crippen molar-refractivity contribution in [3.63, 3.8) is 0 Å². The molecule has 2 aliphatic rings. The second kappa shape index (κ2) is 4.64. The Kier molecular flexibility index (Phi) is 2.74. The first-order valence-electron chi connectivity index (χ1n) is 7.10. The highest BCUT2D eigenvalue weighted by Crippen LogP contribution is 2.35. The summed E-state index contributed by atoms with van der Waals surface area (Å²) in [5.41, 5.74) is 2.42. The number of hydrogen-bond donors (Lipinski definition) is 1. The molecule has 0 saturated carbocycles. The van der Waals surface area contributed by atoms with Crippen molar-refractivity contribution in [3.8, 4) is 0 Å². The smallest absolute Gasteiger partial charge is 0.262 e. The van der Waals surface area contributed by atoms with Gasteiger partial charge in [-0.05, 0) is 23.3 Å². The predicted octanol–water partition coefficient (Wildman–Crippen LogP) is 2.41. The van der Waals surface area contributed by atoms with Crippen LogP contribution in [0.5, 0.6) is 0 Å². The number of amides is 2. The Bertz CT molecular complexity index is 790. The van der Waals surface area contributed by atoms with Gasteiger partial charge in [0.15, 0.2) is 0 Å². The van der Waals surface area contributed by atoms with Crippen LogP contribution in [0, 0.1) is 0 Å². The molecular weight excluding hydrogens is 278 g/mol. The first kappa shape index (κ1) is 13.0. The minimum absolute atomic E-state index is 0.353. The van der Waals surface area contributed by atoms with Crippen molar-refractivity contribution in [2.24, 2.45) is 0 Å². The van der Waals surface area contributed by atoms with Gasteiger partial charge in [-0.2, -0.15) is 0 Å². The Morgan fingerprint density at radius 2 is 1.45 bits per heavy atom. The minimum Gasteiger partial charge on any atom is -0.386 e. The molecule has 22 heavy (non-hydrogen) atoms. The maximum absolute atomic E-state index is 12.5. The van der Waals surface area contributed by atoms with Gasteiger partial charge in [0.05, 0.1) is 17.2 Å². The normalized spacial score (nSPS) is 22.7. The van der Waals surface area contributed by atoms with E-state index < -0.39 is 12.1 Å². The molecule has 1 unspecified atom stereocenters. The average Bonchev–Trinajstić information content (AvgIpc) is 2.81. The molecule has 2 aromatic rings. The van der Waals surface area contributed by atoms with Crippen molar-refractivity contribution < 1.29 is 14.7 Å². The van der Waals surface area contributed by atoms with Crippen LogP contribution in [0.4, 0.5) is 0 Å². The number of imide groups is 1. The van der Waals surface area contributed by atoms with Crippen LogP contribution in [0.15, 0.2) is 54.6 Å². The number of aliphatic hydroxyl groups is 1. The second-order valence-electron chi connectivity index (χ2n) is 5.45. The van der Waals surface area contributed by atoms with Gasteiger partial charge < -0.3 is 5.11 Å². The maximum atomic E-state index is 12.5. The van der Waals surface area contributed by atoms with Gasteiger partial charge in [-0.15, -0.1) is 0 Å². The van der Waals surface area contributed by atoms with Gasteiger partial charge in [0.25, 0.3) is 11.8 Å². The minimum atomic E-state index is -0.914. The van der Waals surface area contributed by atoms with E-state index >= 15 is 0 Å². The zero-order valence-corrected chi connectivity index (χ0v) is 11.6. The number of nitrogens with zero attached hydrogens (tertiary/aromatic N) is 1. The van der Waals surface area contributed by atoms with Gasteiger partial charge in [-0.3, -0.25) is 14.5 Å². The number of benzene rings is 2. The molecule has 0 spiro atoms. The average molecular weight is 291 g/mol. The highest BCUT2D eigenvalue weighted by molar-refractivity contribution is 6.21. The van der Waals surface area contributed by atoms with Gasteiger partial charge in [0.2, 0.25) is 0 Å². The third-order valence-electron chi connectivity index (χ3n) is 4.23. The molecule has 0 radical (unpaired) electrons. The zero-order chi connectivity index (χ0) is 15.3. The number of hydrogen-bond acceptors (Lipinski definition) is 3. The number of carbonyl (C=O) groups excluding carboxylic acids is 2. The van der Waals surface area contributed by atoms with Crippen molar-refractivity contribution in [2.45, 2.75) is 12.1 Å². The summed E-state index contributed by atoms with van der Waals surface area (Å²) < 4.78 is 0. The van der Waals surface area contributed by atoms with E-state index in [2.05, 4.69) is 0 Å². The monoisotopic (exact) mass is 291 g/mol. The van der Waals surface area contributed by atoms with Crippen LogP contribution in [-0.2, 0) is 0 Å². The molecule has 108 valence electrons. The first-order chi connectivity index (χ1) is 10.7. The van der Waals surface area contributed by atoms with Crippen LogP contribution in [0.2, 0.25) is 0 Å². The summed E-state index contributed by atoms with van der Waals surface area (Å²) in [4.78, 5) is 26.2. The Morgan fingerprint density at radius 1 is 0.864 bits per heavy atom. The van der Waals surface area contributed by atoms with E-state index in [9.17, 15) is 14.7 Å². The second-order valence-corrected chi connectivity index (χ2v) is 5.45. The van der Waals surface area contributed by atoms with Gasteiger partial charge in [0.1, 0.15) is 6.10 Å². The lowest BCUT2D eigenvalue weighted by Crippen LogP contribution is -2.43. The van der Waals surface area contributed by atoms with E-state index in [0.29, 0.717) is 11.1 Å². The van der Waals surface area contributed by atoms with Crippen LogP contribution in [0.3, 0.4) is 0 Å². The fourth-order valence-electron chi connectivity index (χ4n) is 3.13. The number of fused-ring (bicyclic) bond motifs is 2. The molecule has 4 rings (SSSR count). The summed E-state index contributed by atoms with van der Waals surface area (Å²) in [7, 11) is 0. The molecule has 2 atom stereocenters. The lowest BCUT2D eigenvalue weighted by molar-refractivity contribution is 0.0426. The van der Waals surface area contributed by atoms with Crippen LogP contribution >= 0.6 is 0 Å². The molecule has 1 aliphatic heterocycles. The number of aliphatic hydroxyl groups excluding tert-OH is 1. The van der Waals surface area contributed by atoms with Crippen molar-refractivity contribution in [2.75, 3.05) is 0 Å². The Labute approximate surface area is 127 Å². The molecule has 1 aliphatic carbocycles. The summed E-state index contributed by atoms with van der Waals surface area (Å²) in [6.45, 7) is 0. The van der Waals surface area contributed by atoms with E-state index in [4.69, 9.17) is 0 Å². The van der Waals surface area contributed by atoms with Crippen LogP contribution < -0.4 is 0 Å². The van der Waals surface area contributed by atoms with E-state index in [1.54, 1.807) is 30.3 Å². The lowest BCUT2D eigenvalue weighted by atomic mass is 9.90. The van der Waals surface area contributed by atoms with Gasteiger partial charge in [0, 0.05) is 0 Å². The van der Waals surface area contributed by atoms with Gasteiger partial charge in [-0.1, -0.05) is 48.6 Å². The van der Waals surface area contributed by atoms with Gasteiger partial charge in [-0.25, -0.2) is 0 Å².